The van der Waals surface area contributed by atoms with Gasteiger partial charge in [0.2, 0.25) is 0 Å². The molecule has 0 spiro atoms. The van der Waals surface area contributed by atoms with Crippen LogP contribution >= 0.6 is 11.6 Å². The highest BCUT2D eigenvalue weighted by atomic mass is 35.5. The molecule has 5 heteroatoms. The van der Waals surface area contributed by atoms with Gasteiger partial charge in [0.05, 0.1) is 6.54 Å². The van der Waals surface area contributed by atoms with Crippen LogP contribution in [0.2, 0.25) is 5.02 Å². The van der Waals surface area contributed by atoms with E-state index < -0.39 is 6.10 Å². The van der Waals surface area contributed by atoms with E-state index in [1.165, 1.54) is 5.56 Å². The number of benzene rings is 2. The molecule has 0 aromatic heterocycles. The fourth-order valence-corrected chi connectivity index (χ4v) is 2.65. The van der Waals surface area contributed by atoms with E-state index in [-0.39, 0.29) is 5.91 Å². The third-order valence-corrected chi connectivity index (χ3v) is 4.69. The number of carbonyl (C=O) groups excluding carboxylic acids is 1. The fourth-order valence-electron chi connectivity index (χ4n) is 2.54. The highest BCUT2D eigenvalue weighted by Gasteiger charge is 2.15. The van der Waals surface area contributed by atoms with Crippen molar-refractivity contribution in [1.82, 2.24) is 5.32 Å². The third kappa shape index (κ3) is 5.67. The highest BCUT2D eigenvalue weighted by molar-refractivity contribution is 6.32. The van der Waals surface area contributed by atoms with E-state index in [9.17, 15) is 4.79 Å². The average Bonchev–Trinajstić information content (AvgIpc) is 2.63. The van der Waals surface area contributed by atoms with Crippen molar-refractivity contribution in [1.29, 1.82) is 0 Å². The van der Waals surface area contributed by atoms with Gasteiger partial charge in [0.15, 0.2) is 6.10 Å². The van der Waals surface area contributed by atoms with Gasteiger partial charge in [-0.15, -0.1) is 0 Å². The van der Waals surface area contributed by atoms with Crippen molar-refractivity contribution >= 4 is 17.5 Å². The summed E-state index contributed by atoms with van der Waals surface area (Å²) in [5.41, 5.74) is 3.12. The van der Waals surface area contributed by atoms with Crippen molar-refractivity contribution in [2.75, 3.05) is 13.2 Å². The Balaban J connectivity index is 1.76. The predicted molar refractivity (Wildman–Crippen MR) is 105 cm³/mol. The van der Waals surface area contributed by atoms with Crippen LogP contribution < -0.4 is 14.8 Å². The molecule has 0 aliphatic rings. The van der Waals surface area contributed by atoms with Crippen LogP contribution in [0.15, 0.2) is 36.4 Å². The summed E-state index contributed by atoms with van der Waals surface area (Å²) in [6, 6.07) is 11.6. The normalized spacial score (nSPS) is 11.7. The van der Waals surface area contributed by atoms with Gasteiger partial charge in [-0.2, -0.15) is 0 Å². The van der Waals surface area contributed by atoms with Crippen LogP contribution in [-0.4, -0.2) is 25.2 Å². The minimum absolute atomic E-state index is 0.180. The van der Waals surface area contributed by atoms with E-state index in [4.69, 9.17) is 21.1 Å². The lowest BCUT2D eigenvalue weighted by atomic mass is 10.1. The summed E-state index contributed by atoms with van der Waals surface area (Å²) in [6.45, 7) is 8.48. The number of carbonyl (C=O) groups is 1. The number of halogens is 1. The summed E-state index contributed by atoms with van der Waals surface area (Å²) in [6.07, 6.45) is 0.403. The standard InChI is InChI=1S/C21H26ClNO3/c1-5-17-6-8-18(9-7-17)25-11-10-23-21(24)16(4)26-19-12-14(2)20(22)15(3)13-19/h6-9,12-13,16H,5,10-11H2,1-4H3,(H,23,24)/t16-/m0/s1. The van der Waals surface area contributed by atoms with Gasteiger partial charge in [-0.05, 0) is 68.1 Å². The summed E-state index contributed by atoms with van der Waals surface area (Å²) in [4.78, 5) is 12.2. The van der Waals surface area contributed by atoms with E-state index in [0.717, 1.165) is 28.3 Å². The lowest BCUT2D eigenvalue weighted by Gasteiger charge is -2.16. The van der Waals surface area contributed by atoms with Crippen LogP contribution in [0.1, 0.15) is 30.5 Å². The maximum Gasteiger partial charge on any atom is 0.260 e. The molecule has 140 valence electrons. The summed E-state index contributed by atoms with van der Waals surface area (Å²) in [7, 11) is 0. The molecule has 2 aromatic carbocycles. The first-order chi connectivity index (χ1) is 12.4. The van der Waals surface area contributed by atoms with Gasteiger partial charge in [0.25, 0.3) is 5.91 Å². The van der Waals surface area contributed by atoms with Gasteiger partial charge in [-0.25, -0.2) is 0 Å². The second kappa shape index (κ2) is 9.48. The largest absolute Gasteiger partial charge is 0.492 e. The number of nitrogens with one attached hydrogen (secondary N) is 1. The monoisotopic (exact) mass is 375 g/mol. The third-order valence-electron chi connectivity index (χ3n) is 4.09. The second-order valence-electron chi connectivity index (χ2n) is 6.27. The number of amides is 1. The Hall–Kier alpha value is -2.20. The average molecular weight is 376 g/mol. The molecule has 1 atom stereocenters. The van der Waals surface area contributed by atoms with Crippen LogP contribution in [0.5, 0.6) is 11.5 Å². The van der Waals surface area contributed by atoms with Crippen LogP contribution in [0.4, 0.5) is 0 Å². The Kier molecular flexibility index (Phi) is 7.34. The zero-order chi connectivity index (χ0) is 19.1. The predicted octanol–water partition coefficient (Wildman–Crippen LogP) is 4.48. The molecular weight excluding hydrogens is 350 g/mol. The van der Waals surface area contributed by atoms with Gasteiger partial charge in [0, 0.05) is 5.02 Å². The second-order valence-corrected chi connectivity index (χ2v) is 6.65. The molecule has 1 N–H and O–H groups in total. The molecule has 4 nitrogen and oxygen atoms in total. The molecule has 0 aliphatic carbocycles. The van der Waals surface area contributed by atoms with Crippen molar-refractivity contribution in [2.45, 2.75) is 40.2 Å². The molecule has 0 saturated carbocycles. The Labute approximate surface area is 160 Å². The minimum Gasteiger partial charge on any atom is -0.492 e. The molecule has 0 unspecified atom stereocenters. The molecule has 0 bridgehead atoms. The van der Waals surface area contributed by atoms with Crippen molar-refractivity contribution in [3.05, 3.63) is 58.1 Å². The summed E-state index contributed by atoms with van der Waals surface area (Å²) in [5, 5.41) is 3.54. The van der Waals surface area contributed by atoms with E-state index >= 15 is 0 Å². The summed E-state index contributed by atoms with van der Waals surface area (Å²) in [5.74, 6) is 1.26. The topological polar surface area (TPSA) is 47.6 Å². The van der Waals surface area contributed by atoms with Crippen LogP contribution in [0, 0.1) is 13.8 Å². The first kappa shape index (κ1) is 20.1. The zero-order valence-electron chi connectivity index (χ0n) is 15.8. The molecule has 0 aliphatic heterocycles. The van der Waals surface area contributed by atoms with Crippen molar-refractivity contribution < 1.29 is 14.3 Å². The Bertz CT molecular complexity index is 720. The molecule has 0 saturated heterocycles. The van der Waals surface area contributed by atoms with E-state index in [1.807, 2.05) is 50.2 Å². The molecular formula is C21H26ClNO3. The maximum absolute atomic E-state index is 12.2. The van der Waals surface area contributed by atoms with Crippen molar-refractivity contribution in [3.63, 3.8) is 0 Å². The van der Waals surface area contributed by atoms with Crippen molar-refractivity contribution in [2.24, 2.45) is 0 Å². The highest BCUT2D eigenvalue weighted by Crippen LogP contribution is 2.26. The molecule has 1 amide bonds. The molecule has 2 aromatic rings. The molecule has 0 radical (unpaired) electrons. The summed E-state index contributed by atoms with van der Waals surface area (Å²) < 4.78 is 11.4. The number of hydrogen-bond donors (Lipinski definition) is 1. The van der Waals surface area contributed by atoms with Gasteiger partial charge < -0.3 is 14.8 Å². The number of aryl methyl sites for hydroxylation is 3. The SMILES string of the molecule is CCc1ccc(OCCNC(=O)[C@H](C)Oc2cc(C)c(Cl)c(C)c2)cc1. The molecule has 26 heavy (non-hydrogen) atoms. The number of rotatable bonds is 8. The summed E-state index contributed by atoms with van der Waals surface area (Å²) >= 11 is 6.15. The zero-order valence-corrected chi connectivity index (χ0v) is 16.5. The van der Waals surface area contributed by atoms with E-state index in [1.54, 1.807) is 6.92 Å². The van der Waals surface area contributed by atoms with Gasteiger partial charge in [-0.3, -0.25) is 4.79 Å². The molecule has 2 rings (SSSR count). The first-order valence-corrected chi connectivity index (χ1v) is 9.21. The lowest BCUT2D eigenvalue weighted by Crippen LogP contribution is -2.38. The molecule has 0 fully saturated rings. The lowest BCUT2D eigenvalue weighted by molar-refractivity contribution is -0.127. The Morgan fingerprint density at radius 3 is 2.31 bits per heavy atom. The van der Waals surface area contributed by atoms with Gasteiger partial charge in [-0.1, -0.05) is 30.7 Å². The fraction of sp³-hybridized carbons (Fsp3) is 0.381. The van der Waals surface area contributed by atoms with Crippen molar-refractivity contribution in [3.8, 4) is 11.5 Å². The number of ether oxygens (including phenoxy) is 2. The van der Waals surface area contributed by atoms with Gasteiger partial charge in [0.1, 0.15) is 18.1 Å². The van der Waals surface area contributed by atoms with E-state index in [2.05, 4.69) is 12.2 Å². The van der Waals surface area contributed by atoms with Crippen LogP contribution in [-0.2, 0) is 11.2 Å². The maximum atomic E-state index is 12.2. The van der Waals surface area contributed by atoms with Crippen LogP contribution in [0.25, 0.3) is 0 Å². The Morgan fingerprint density at radius 1 is 1.12 bits per heavy atom. The minimum atomic E-state index is -0.598. The first-order valence-electron chi connectivity index (χ1n) is 8.83. The van der Waals surface area contributed by atoms with E-state index in [0.29, 0.717) is 18.9 Å². The Morgan fingerprint density at radius 2 is 1.73 bits per heavy atom. The van der Waals surface area contributed by atoms with Crippen LogP contribution in [0.3, 0.4) is 0 Å². The smallest absolute Gasteiger partial charge is 0.260 e. The quantitative estimate of drug-likeness (QED) is 0.692. The van der Waals surface area contributed by atoms with Gasteiger partial charge >= 0.3 is 0 Å². The molecule has 0 heterocycles. The number of hydrogen-bond acceptors (Lipinski definition) is 3.